The third kappa shape index (κ3) is 3.25. The molecule has 0 radical (unpaired) electrons. The van der Waals surface area contributed by atoms with Gasteiger partial charge in [0.05, 0.1) is 0 Å². The summed E-state index contributed by atoms with van der Waals surface area (Å²) in [5, 5.41) is 19.0. The first kappa shape index (κ1) is 13.9. The average Bonchev–Trinajstić information content (AvgIpc) is 2.40. The highest BCUT2D eigenvalue weighted by atomic mass is 35.5. The van der Waals surface area contributed by atoms with Gasteiger partial charge in [0.25, 0.3) is 0 Å². The summed E-state index contributed by atoms with van der Waals surface area (Å²) in [6, 6.07) is 4.33. The summed E-state index contributed by atoms with van der Waals surface area (Å²) in [5.41, 5.74) is 3.99. The topological polar surface area (TPSA) is 40.5 Å². The maximum absolute atomic E-state index is 9.07. The SMILES string of the molecule is OCC(CO)CCc1cc2c(cc1Cl)CCCC2. The molecule has 0 unspecified atom stereocenters. The summed E-state index contributed by atoms with van der Waals surface area (Å²) in [6.07, 6.45) is 6.45. The maximum Gasteiger partial charge on any atom is 0.0481 e. The highest BCUT2D eigenvalue weighted by Crippen LogP contribution is 2.28. The van der Waals surface area contributed by atoms with E-state index in [4.69, 9.17) is 21.8 Å². The van der Waals surface area contributed by atoms with Crippen LogP contribution >= 0.6 is 11.6 Å². The fourth-order valence-corrected chi connectivity index (χ4v) is 2.88. The molecule has 0 aromatic heterocycles. The molecule has 0 bridgehead atoms. The Morgan fingerprint density at radius 2 is 1.67 bits per heavy atom. The predicted octanol–water partition coefficient (Wildman–Crippen LogP) is 2.75. The number of fused-ring (bicyclic) bond motifs is 1. The van der Waals surface area contributed by atoms with Gasteiger partial charge in [-0.1, -0.05) is 17.7 Å². The smallest absolute Gasteiger partial charge is 0.0481 e. The Kier molecular flexibility index (Phi) is 5.04. The second kappa shape index (κ2) is 6.55. The molecule has 1 aliphatic carbocycles. The Morgan fingerprint density at radius 3 is 2.28 bits per heavy atom. The second-order valence-electron chi connectivity index (χ2n) is 5.19. The normalized spacial score (nSPS) is 14.9. The molecule has 2 nitrogen and oxygen atoms in total. The molecular formula is C15H21ClO2. The molecule has 0 fully saturated rings. The molecule has 1 aromatic rings. The molecule has 0 amide bonds. The lowest BCUT2D eigenvalue weighted by atomic mass is 9.89. The van der Waals surface area contributed by atoms with Crippen molar-refractivity contribution >= 4 is 11.6 Å². The van der Waals surface area contributed by atoms with Gasteiger partial charge in [-0.25, -0.2) is 0 Å². The minimum Gasteiger partial charge on any atom is -0.396 e. The van der Waals surface area contributed by atoms with Crippen molar-refractivity contribution in [2.75, 3.05) is 13.2 Å². The Labute approximate surface area is 114 Å². The van der Waals surface area contributed by atoms with E-state index in [0.717, 1.165) is 36.3 Å². The van der Waals surface area contributed by atoms with E-state index in [1.54, 1.807) is 0 Å². The molecule has 2 rings (SSSR count). The molecule has 0 spiro atoms. The Balaban J connectivity index is 2.08. The fourth-order valence-electron chi connectivity index (χ4n) is 2.60. The van der Waals surface area contributed by atoms with Crippen LogP contribution in [0.1, 0.15) is 36.0 Å². The number of benzene rings is 1. The summed E-state index contributed by atoms with van der Waals surface area (Å²) in [7, 11) is 0. The van der Waals surface area contributed by atoms with E-state index in [-0.39, 0.29) is 19.1 Å². The van der Waals surface area contributed by atoms with Crippen LogP contribution in [-0.4, -0.2) is 23.4 Å². The molecular weight excluding hydrogens is 248 g/mol. The van der Waals surface area contributed by atoms with E-state index in [0.29, 0.717) is 0 Å². The van der Waals surface area contributed by atoms with Crippen molar-refractivity contribution in [1.82, 2.24) is 0 Å². The third-order valence-corrected chi connectivity index (χ3v) is 4.20. The molecule has 3 heteroatoms. The number of aryl methyl sites for hydroxylation is 3. The van der Waals surface area contributed by atoms with E-state index in [1.165, 1.54) is 24.0 Å². The quantitative estimate of drug-likeness (QED) is 0.862. The van der Waals surface area contributed by atoms with Crippen molar-refractivity contribution < 1.29 is 10.2 Å². The van der Waals surface area contributed by atoms with Crippen LogP contribution in [0.15, 0.2) is 12.1 Å². The zero-order chi connectivity index (χ0) is 13.0. The Bertz CT molecular complexity index is 400. The van der Waals surface area contributed by atoms with Gasteiger partial charge in [0, 0.05) is 24.2 Å². The number of aliphatic hydroxyl groups excluding tert-OH is 2. The summed E-state index contributed by atoms with van der Waals surface area (Å²) in [6.45, 7) is 0.0815. The number of hydrogen-bond donors (Lipinski definition) is 2. The fraction of sp³-hybridized carbons (Fsp3) is 0.600. The number of hydrogen-bond acceptors (Lipinski definition) is 2. The lowest BCUT2D eigenvalue weighted by molar-refractivity contribution is 0.144. The molecule has 0 saturated heterocycles. The minimum atomic E-state index is -0.0305. The Hall–Kier alpha value is -0.570. The van der Waals surface area contributed by atoms with Gasteiger partial charge < -0.3 is 10.2 Å². The highest BCUT2D eigenvalue weighted by Gasteiger charge is 2.14. The van der Waals surface area contributed by atoms with Gasteiger partial charge in [0.1, 0.15) is 0 Å². The first-order valence-corrected chi connectivity index (χ1v) is 7.14. The van der Waals surface area contributed by atoms with E-state index in [2.05, 4.69) is 12.1 Å². The van der Waals surface area contributed by atoms with Crippen molar-refractivity contribution in [3.63, 3.8) is 0 Å². The summed E-state index contributed by atoms with van der Waals surface area (Å²) < 4.78 is 0. The van der Waals surface area contributed by atoms with Crippen LogP contribution < -0.4 is 0 Å². The highest BCUT2D eigenvalue weighted by molar-refractivity contribution is 6.31. The van der Waals surface area contributed by atoms with Crippen LogP contribution in [-0.2, 0) is 19.3 Å². The number of aliphatic hydroxyl groups is 2. The van der Waals surface area contributed by atoms with Crippen LogP contribution in [0.2, 0.25) is 5.02 Å². The average molecular weight is 269 g/mol. The van der Waals surface area contributed by atoms with Gasteiger partial charge >= 0.3 is 0 Å². The molecule has 0 saturated carbocycles. The predicted molar refractivity (Wildman–Crippen MR) is 74.1 cm³/mol. The maximum atomic E-state index is 9.07. The monoisotopic (exact) mass is 268 g/mol. The molecule has 2 N–H and O–H groups in total. The molecule has 18 heavy (non-hydrogen) atoms. The van der Waals surface area contributed by atoms with E-state index in [1.807, 2.05) is 0 Å². The largest absolute Gasteiger partial charge is 0.396 e. The molecule has 1 aliphatic rings. The summed E-state index contributed by atoms with van der Waals surface area (Å²) in [5.74, 6) is -0.0305. The zero-order valence-electron chi connectivity index (χ0n) is 10.7. The van der Waals surface area contributed by atoms with Crippen molar-refractivity contribution in [2.45, 2.75) is 38.5 Å². The first-order chi connectivity index (χ1) is 8.74. The van der Waals surface area contributed by atoms with E-state index >= 15 is 0 Å². The van der Waals surface area contributed by atoms with E-state index < -0.39 is 0 Å². The van der Waals surface area contributed by atoms with Gasteiger partial charge in [-0.05, 0) is 61.3 Å². The van der Waals surface area contributed by atoms with Gasteiger partial charge in [-0.15, -0.1) is 0 Å². The van der Waals surface area contributed by atoms with Gasteiger partial charge in [0.15, 0.2) is 0 Å². The van der Waals surface area contributed by atoms with Crippen LogP contribution in [0.4, 0.5) is 0 Å². The second-order valence-corrected chi connectivity index (χ2v) is 5.60. The van der Waals surface area contributed by atoms with E-state index in [9.17, 15) is 0 Å². The van der Waals surface area contributed by atoms with Crippen LogP contribution in [0.5, 0.6) is 0 Å². The van der Waals surface area contributed by atoms with Crippen LogP contribution in [0.25, 0.3) is 0 Å². The van der Waals surface area contributed by atoms with Crippen molar-refractivity contribution in [1.29, 1.82) is 0 Å². The summed E-state index contributed by atoms with van der Waals surface area (Å²) in [4.78, 5) is 0. The lowest BCUT2D eigenvalue weighted by Crippen LogP contribution is -2.12. The molecule has 100 valence electrons. The van der Waals surface area contributed by atoms with Crippen LogP contribution in [0, 0.1) is 5.92 Å². The minimum absolute atomic E-state index is 0.0305. The Morgan fingerprint density at radius 1 is 1.06 bits per heavy atom. The number of rotatable bonds is 5. The van der Waals surface area contributed by atoms with Crippen molar-refractivity contribution in [3.8, 4) is 0 Å². The standard InChI is InChI=1S/C15H21ClO2/c16-15-8-13-4-2-1-3-12(13)7-14(15)6-5-11(9-17)10-18/h7-8,11,17-18H,1-6,9-10H2. The number of halogens is 1. The molecule has 0 aliphatic heterocycles. The van der Waals surface area contributed by atoms with Gasteiger partial charge in [-0.2, -0.15) is 0 Å². The van der Waals surface area contributed by atoms with Gasteiger partial charge in [0.2, 0.25) is 0 Å². The molecule has 1 aromatic carbocycles. The van der Waals surface area contributed by atoms with Crippen molar-refractivity contribution in [2.24, 2.45) is 5.92 Å². The molecule has 0 atom stereocenters. The zero-order valence-corrected chi connectivity index (χ0v) is 11.4. The van der Waals surface area contributed by atoms with Crippen molar-refractivity contribution in [3.05, 3.63) is 33.8 Å². The van der Waals surface area contributed by atoms with Crippen LogP contribution in [0.3, 0.4) is 0 Å². The first-order valence-electron chi connectivity index (χ1n) is 6.76. The third-order valence-electron chi connectivity index (χ3n) is 3.85. The summed E-state index contributed by atoms with van der Waals surface area (Å²) >= 11 is 6.31. The van der Waals surface area contributed by atoms with Gasteiger partial charge in [-0.3, -0.25) is 0 Å². The molecule has 0 heterocycles. The lowest BCUT2D eigenvalue weighted by Gasteiger charge is -2.18.